The van der Waals surface area contributed by atoms with Crippen LogP contribution in [-0.2, 0) is 16.6 Å². The van der Waals surface area contributed by atoms with E-state index in [9.17, 15) is 12.8 Å². The Hall–Kier alpha value is -1.02. The molecule has 1 aromatic carbocycles. The molecule has 0 fully saturated rings. The van der Waals surface area contributed by atoms with E-state index in [1.54, 1.807) is 6.92 Å². The zero-order valence-corrected chi connectivity index (χ0v) is 13.8. The lowest BCUT2D eigenvalue weighted by molar-refractivity contribution is 0.379. The number of hydrogen-bond acceptors (Lipinski definition) is 4. The van der Waals surface area contributed by atoms with E-state index in [2.05, 4.69) is 4.72 Å². The summed E-state index contributed by atoms with van der Waals surface area (Å²) in [6.07, 6.45) is 0.671. The van der Waals surface area contributed by atoms with Crippen LogP contribution >= 0.6 is 0 Å². The summed E-state index contributed by atoms with van der Waals surface area (Å²) in [5, 5.41) is 0. The lowest BCUT2D eigenvalue weighted by Gasteiger charge is -2.18. The van der Waals surface area contributed by atoms with Crippen LogP contribution in [0.3, 0.4) is 0 Å². The normalized spacial score (nSPS) is 13.7. The maximum Gasteiger partial charge on any atom is 0.241 e. The van der Waals surface area contributed by atoms with Crippen molar-refractivity contribution >= 4 is 10.0 Å². The third-order valence-electron chi connectivity index (χ3n) is 3.25. The number of nitrogens with one attached hydrogen (secondary N) is 1. The van der Waals surface area contributed by atoms with Gasteiger partial charge < -0.3 is 10.6 Å². The first-order valence-electron chi connectivity index (χ1n) is 6.83. The van der Waals surface area contributed by atoms with E-state index in [4.69, 9.17) is 5.73 Å². The highest BCUT2D eigenvalue weighted by atomic mass is 32.2. The third-order valence-corrected chi connectivity index (χ3v) is 4.96. The fraction of sp³-hybridized carbons (Fsp3) is 0.571. The zero-order valence-electron chi connectivity index (χ0n) is 13.0. The molecule has 0 saturated carbocycles. The Bertz CT molecular complexity index is 588. The van der Waals surface area contributed by atoms with E-state index in [0.29, 0.717) is 12.0 Å². The monoisotopic (exact) mass is 317 g/mol. The van der Waals surface area contributed by atoms with Crippen LogP contribution in [0.1, 0.15) is 24.5 Å². The number of hydrogen-bond donors (Lipinski definition) is 2. The van der Waals surface area contributed by atoms with E-state index in [0.717, 1.165) is 6.54 Å². The largest absolute Gasteiger partial charge is 0.326 e. The summed E-state index contributed by atoms with van der Waals surface area (Å²) in [7, 11) is 0.0869. The van der Waals surface area contributed by atoms with Crippen molar-refractivity contribution in [3.05, 3.63) is 29.1 Å². The third kappa shape index (κ3) is 5.03. The molecule has 0 aliphatic carbocycles. The summed E-state index contributed by atoms with van der Waals surface area (Å²) in [6.45, 7) is 4.10. The lowest BCUT2D eigenvalue weighted by Crippen LogP contribution is -2.35. The van der Waals surface area contributed by atoms with Gasteiger partial charge in [-0.1, -0.05) is 0 Å². The molecule has 120 valence electrons. The molecule has 0 bridgehead atoms. The van der Waals surface area contributed by atoms with Crippen molar-refractivity contribution in [2.45, 2.75) is 37.8 Å². The highest BCUT2D eigenvalue weighted by molar-refractivity contribution is 7.89. The second-order valence-corrected chi connectivity index (χ2v) is 7.20. The standard InChI is InChI=1S/C14H24FN3O2S/c1-10(5-6-18(3)4)17-21(19,20)14-8-12(9-16)7-13(15)11(14)2/h7-8,10,17H,5-6,9,16H2,1-4H3. The maximum absolute atomic E-state index is 13.8. The average molecular weight is 317 g/mol. The van der Waals surface area contributed by atoms with Gasteiger partial charge in [-0.3, -0.25) is 0 Å². The molecule has 1 atom stereocenters. The van der Waals surface area contributed by atoms with E-state index in [1.165, 1.54) is 19.1 Å². The van der Waals surface area contributed by atoms with E-state index < -0.39 is 15.8 Å². The first-order chi connectivity index (χ1) is 9.67. The van der Waals surface area contributed by atoms with Crippen LogP contribution in [0.4, 0.5) is 4.39 Å². The van der Waals surface area contributed by atoms with E-state index in [-0.39, 0.29) is 23.0 Å². The first kappa shape index (κ1) is 18.0. The molecule has 0 aliphatic rings. The van der Waals surface area contributed by atoms with Crippen molar-refractivity contribution in [2.75, 3.05) is 20.6 Å². The molecule has 3 N–H and O–H groups in total. The summed E-state index contributed by atoms with van der Waals surface area (Å²) in [6, 6.07) is 2.46. The molecule has 0 heterocycles. The Morgan fingerprint density at radius 2 is 2.00 bits per heavy atom. The second kappa shape index (κ2) is 7.31. The van der Waals surface area contributed by atoms with Gasteiger partial charge in [0.15, 0.2) is 0 Å². The molecule has 0 saturated heterocycles. The highest BCUT2D eigenvalue weighted by Crippen LogP contribution is 2.21. The molecule has 5 nitrogen and oxygen atoms in total. The SMILES string of the molecule is Cc1c(F)cc(CN)cc1S(=O)(=O)NC(C)CCN(C)C. The van der Waals surface area contributed by atoms with Gasteiger partial charge in [-0.25, -0.2) is 17.5 Å². The number of benzene rings is 1. The topological polar surface area (TPSA) is 75.4 Å². The predicted molar refractivity (Wildman–Crippen MR) is 82.0 cm³/mol. The quantitative estimate of drug-likeness (QED) is 0.793. The number of sulfonamides is 1. The molecule has 0 aliphatic heterocycles. The van der Waals surface area contributed by atoms with Crippen LogP contribution in [0.15, 0.2) is 17.0 Å². The molecule has 21 heavy (non-hydrogen) atoms. The summed E-state index contributed by atoms with van der Waals surface area (Å²) < 4.78 is 41.2. The molecule has 0 aromatic heterocycles. The molecule has 1 unspecified atom stereocenters. The van der Waals surface area contributed by atoms with Crippen molar-refractivity contribution < 1.29 is 12.8 Å². The predicted octanol–water partition coefficient (Wildman–Crippen LogP) is 1.21. The fourth-order valence-corrected chi connectivity index (χ4v) is 3.52. The van der Waals surface area contributed by atoms with Gasteiger partial charge in [0, 0.05) is 18.2 Å². The van der Waals surface area contributed by atoms with Gasteiger partial charge in [0.05, 0.1) is 4.90 Å². The van der Waals surface area contributed by atoms with Crippen molar-refractivity contribution in [3.63, 3.8) is 0 Å². The molecular formula is C14H24FN3O2S. The molecule has 0 spiro atoms. The van der Waals surface area contributed by atoms with Gasteiger partial charge in [0.2, 0.25) is 10.0 Å². The van der Waals surface area contributed by atoms with Crippen molar-refractivity contribution in [2.24, 2.45) is 5.73 Å². The zero-order chi connectivity index (χ0) is 16.2. The van der Waals surface area contributed by atoms with Crippen LogP contribution in [0.5, 0.6) is 0 Å². The van der Waals surface area contributed by atoms with Gasteiger partial charge in [0.1, 0.15) is 5.82 Å². The Balaban J connectivity index is 3.00. The van der Waals surface area contributed by atoms with Gasteiger partial charge in [0.25, 0.3) is 0 Å². The lowest BCUT2D eigenvalue weighted by atomic mass is 10.1. The van der Waals surface area contributed by atoms with Crippen molar-refractivity contribution in [1.29, 1.82) is 0 Å². The van der Waals surface area contributed by atoms with Crippen molar-refractivity contribution in [3.8, 4) is 0 Å². The number of rotatable bonds is 7. The number of nitrogens with two attached hydrogens (primary N) is 1. The Morgan fingerprint density at radius 1 is 1.38 bits per heavy atom. The van der Waals surface area contributed by atoms with E-state index in [1.807, 2.05) is 19.0 Å². The Morgan fingerprint density at radius 3 is 2.52 bits per heavy atom. The summed E-state index contributed by atoms with van der Waals surface area (Å²) >= 11 is 0. The van der Waals surface area contributed by atoms with Gasteiger partial charge in [-0.2, -0.15) is 0 Å². The maximum atomic E-state index is 13.8. The Kier molecular flexibility index (Phi) is 6.27. The second-order valence-electron chi connectivity index (χ2n) is 5.52. The van der Waals surface area contributed by atoms with Crippen LogP contribution in [0.2, 0.25) is 0 Å². The highest BCUT2D eigenvalue weighted by Gasteiger charge is 2.22. The molecule has 7 heteroatoms. The molecule has 0 radical (unpaired) electrons. The molecule has 1 rings (SSSR count). The van der Waals surface area contributed by atoms with Crippen LogP contribution in [-0.4, -0.2) is 40.0 Å². The number of nitrogens with zero attached hydrogens (tertiary/aromatic N) is 1. The van der Waals surface area contributed by atoms with Crippen molar-refractivity contribution in [1.82, 2.24) is 9.62 Å². The molecule has 1 aromatic rings. The average Bonchev–Trinajstić information content (AvgIpc) is 2.38. The van der Waals surface area contributed by atoms with Gasteiger partial charge >= 0.3 is 0 Å². The van der Waals surface area contributed by atoms with E-state index >= 15 is 0 Å². The fourth-order valence-electron chi connectivity index (χ4n) is 1.94. The summed E-state index contributed by atoms with van der Waals surface area (Å²) in [4.78, 5) is 1.93. The summed E-state index contributed by atoms with van der Waals surface area (Å²) in [5.41, 5.74) is 6.04. The smallest absolute Gasteiger partial charge is 0.241 e. The number of halogens is 1. The molecular weight excluding hydrogens is 293 g/mol. The minimum Gasteiger partial charge on any atom is -0.326 e. The minimum absolute atomic E-state index is 0.0420. The minimum atomic E-state index is -3.76. The first-order valence-corrected chi connectivity index (χ1v) is 8.32. The Labute approximate surface area is 126 Å². The van der Waals surface area contributed by atoms with Crippen LogP contribution in [0, 0.1) is 12.7 Å². The molecule has 0 amide bonds. The van der Waals surface area contributed by atoms with Crippen LogP contribution in [0.25, 0.3) is 0 Å². The van der Waals surface area contributed by atoms with Gasteiger partial charge in [-0.05, 0) is 58.6 Å². The van der Waals surface area contributed by atoms with Crippen LogP contribution < -0.4 is 10.5 Å². The van der Waals surface area contributed by atoms with Gasteiger partial charge in [-0.15, -0.1) is 0 Å². The summed E-state index contributed by atoms with van der Waals surface area (Å²) in [5.74, 6) is -0.556.